The van der Waals surface area contributed by atoms with Crippen molar-refractivity contribution in [1.82, 2.24) is 14.8 Å². The van der Waals surface area contributed by atoms with Gasteiger partial charge in [-0.2, -0.15) is 11.3 Å². The highest BCUT2D eigenvalue weighted by Crippen LogP contribution is 2.22. The molecule has 2 heterocycles. The molecule has 0 saturated heterocycles. The van der Waals surface area contributed by atoms with Crippen LogP contribution < -0.4 is 0 Å². The number of aryl methyl sites for hydroxylation is 1. The molecule has 1 N–H and O–H groups in total. The Labute approximate surface area is 100 Å². The van der Waals surface area contributed by atoms with Crippen molar-refractivity contribution in [1.29, 1.82) is 0 Å². The van der Waals surface area contributed by atoms with Crippen molar-refractivity contribution in [2.75, 3.05) is 5.75 Å². The van der Waals surface area contributed by atoms with E-state index in [1.165, 1.54) is 11.8 Å². The van der Waals surface area contributed by atoms with E-state index in [4.69, 9.17) is 5.11 Å². The molecule has 16 heavy (non-hydrogen) atoms. The minimum Gasteiger partial charge on any atom is -0.481 e. The number of aliphatic carboxylic acids is 1. The molecular weight excluding hydrogens is 246 g/mol. The van der Waals surface area contributed by atoms with E-state index in [2.05, 4.69) is 10.2 Å². The molecule has 0 radical (unpaired) electrons. The van der Waals surface area contributed by atoms with Crippen LogP contribution in [-0.2, 0) is 4.79 Å². The minimum atomic E-state index is -0.859. The number of hydrogen-bond donors (Lipinski definition) is 1. The van der Waals surface area contributed by atoms with E-state index in [0.29, 0.717) is 5.16 Å². The third-order valence-electron chi connectivity index (χ3n) is 1.88. The zero-order chi connectivity index (χ0) is 11.5. The van der Waals surface area contributed by atoms with Gasteiger partial charge >= 0.3 is 5.97 Å². The van der Waals surface area contributed by atoms with Gasteiger partial charge in [0.25, 0.3) is 0 Å². The molecule has 0 aromatic carbocycles. The molecule has 0 aliphatic rings. The molecule has 0 unspecified atom stereocenters. The van der Waals surface area contributed by atoms with Crippen molar-refractivity contribution < 1.29 is 9.90 Å². The number of rotatable bonds is 4. The van der Waals surface area contributed by atoms with Crippen LogP contribution in [0.25, 0.3) is 5.69 Å². The van der Waals surface area contributed by atoms with Gasteiger partial charge in [0.05, 0.1) is 11.4 Å². The van der Waals surface area contributed by atoms with Gasteiger partial charge in [-0.3, -0.25) is 9.36 Å². The highest BCUT2D eigenvalue weighted by atomic mass is 32.2. The maximum Gasteiger partial charge on any atom is 0.313 e. The Balaban J connectivity index is 2.29. The molecular formula is C9H9N3O2S2. The third-order valence-corrected chi connectivity index (χ3v) is 3.47. The van der Waals surface area contributed by atoms with E-state index < -0.39 is 5.97 Å². The highest BCUT2D eigenvalue weighted by molar-refractivity contribution is 7.99. The molecule has 0 aliphatic carbocycles. The summed E-state index contributed by atoms with van der Waals surface area (Å²) in [7, 11) is 0. The van der Waals surface area contributed by atoms with E-state index in [1.54, 1.807) is 11.3 Å². The third kappa shape index (κ3) is 2.25. The summed E-state index contributed by atoms with van der Waals surface area (Å²) in [6.45, 7) is 1.84. The van der Waals surface area contributed by atoms with Crippen LogP contribution in [0.3, 0.4) is 0 Å². The van der Waals surface area contributed by atoms with Crippen molar-refractivity contribution in [3.05, 3.63) is 22.7 Å². The van der Waals surface area contributed by atoms with Gasteiger partial charge in [-0.25, -0.2) is 0 Å². The SMILES string of the molecule is Cc1nnc(SCC(=O)O)n1-c1ccsc1. The molecule has 2 aromatic heterocycles. The predicted molar refractivity (Wildman–Crippen MR) is 62.3 cm³/mol. The van der Waals surface area contributed by atoms with Crippen molar-refractivity contribution in [2.24, 2.45) is 0 Å². The molecule has 0 spiro atoms. The van der Waals surface area contributed by atoms with Gasteiger partial charge < -0.3 is 5.11 Å². The number of thiophene rings is 1. The summed E-state index contributed by atoms with van der Waals surface area (Å²) in [4.78, 5) is 10.5. The smallest absolute Gasteiger partial charge is 0.313 e. The number of thioether (sulfide) groups is 1. The molecule has 0 amide bonds. The number of nitrogens with zero attached hydrogens (tertiary/aromatic N) is 3. The molecule has 7 heteroatoms. The second-order valence-electron chi connectivity index (χ2n) is 3.03. The monoisotopic (exact) mass is 255 g/mol. The van der Waals surface area contributed by atoms with E-state index >= 15 is 0 Å². The summed E-state index contributed by atoms with van der Waals surface area (Å²) < 4.78 is 1.85. The standard InChI is InChI=1S/C9H9N3O2S2/c1-6-10-11-9(16-5-8(13)14)12(6)7-2-3-15-4-7/h2-4H,5H2,1H3,(H,13,14). The average Bonchev–Trinajstić information content (AvgIpc) is 2.83. The zero-order valence-corrected chi connectivity index (χ0v) is 10.1. The van der Waals surface area contributed by atoms with Crippen molar-refractivity contribution >= 4 is 29.1 Å². The summed E-state index contributed by atoms with van der Waals surface area (Å²) in [5, 5.41) is 21.1. The van der Waals surface area contributed by atoms with Crippen LogP contribution >= 0.6 is 23.1 Å². The van der Waals surface area contributed by atoms with Crippen molar-refractivity contribution in [3.63, 3.8) is 0 Å². The second-order valence-corrected chi connectivity index (χ2v) is 4.75. The largest absolute Gasteiger partial charge is 0.481 e. The first kappa shape index (κ1) is 11.2. The average molecular weight is 255 g/mol. The van der Waals surface area contributed by atoms with Gasteiger partial charge in [0.15, 0.2) is 5.16 Å². The molecule has 5 nitrogen and oxygen atoms in total. The Bertz CT molecular complexity index is 493. The van der Waals surface area contributed by atoms with Gasteiger partial charge in [-0.05, 0) is 18.4 Å². The van der Waals surface area contributed by atoms with Crippen LogP contribution in [-0.4, -0.2) is 31.6 Å². The second kappa shape index (κ2) is 4.67. The van der Waals surface area contributed by atoms with Crippen LogP contribution in [0.4, 0.5) is 0 Å². The molecule has 0 saturated carbocycles. The van der Waals surface area contributed by atoms with Crippen LogP contribution in [0.2, 0.25) is 0 Å². The fraction of sp³-hybridized carbons (Fsp3) is 0.222. The lowest BCUT2D eigenvalue weighted by atomic mass is 10.5. The first-order chi connectivity index (χ1) is 7.68. The first-order valence-corrected chi connectivity index (χ1v) is 6.40. The van der Waals surface area contributed by atoms with Crippen molar-refractivity contribution in [3.8, 4) is 5.69 Å². The predicted octanol–water partition coefficient (Wildman–Crippen LogP) is 1.81. The topological polar surface area (TPSA) is 68.0 Å². The Hall–Kier alpha value is -1.34. The lowest BCUT2D eigenvalue weighted by molar-refractivity contribution is -0.133. The van der Waals surface area contributed by atoms with Crippen LogP contribution in [0.5, 0.6) is 0 Å². The van der Waals surface area contributed by atoms with Crippen LogP contribution in [0.15, 0.2) is 22.0 Å². The Kier molecular flexibility index (Phi) is 3.25. The van der Waals surface area contributed by atoms with Gasteiger partial charge in [-0.1, -0.05) is 11.8 Å². The molecule has 0 fully saturated rings. The summed E-state index contributed by atoms with van der Waals surface area (Å²) in [6.07, 6.45) is 0. The van der Waals surface area contributed by atoms with Crippen LogP contribution in [0.1, 0.15) is 5.82 Å². The van der Waals surface area contributed by atoms with Crippen LogP contribution in [0, 0.1) is 6.92 Å². The zero-order valence-electron chi connectivity index (χ0n) is 8.45. The highest BCUT2D eigenvalue weighted by Gasteiger charge is 2.12. The summed E-state index contributed by atoms with van der Waals surface area (Å²) >= 11 is 2.75. The lowest BCUT2D eigenvalue weighted by Crippen LogP contribution is -2.02. The minimum absolute atomic E-state index is 0.0116. The fourth-order valence-electron chi connectivity index (χ4n) is 1.24. The Morgan fingerprint density at radius 1 is 1.62 bits per heavy atom. The fourth-order valence-corrected chi connectivity index (χ4v) is 2.58. The molecule has 84 valence electrons. The van der Waals surface area contributed by atoms with Gasteiger partial charge in [0.2, 0.25) is 0 Å². The number of carboxylic acid groups (broad SMARTS) is 1. The van der Waals surface area contributed by atoms with E-state index in [9.17, 15) is 4.79 Å². The summed E-state index contributed by atoms with van der Waals surface area (Å²) in [6, 6.07) is 1.95. The number of aromatic nitrogens is 3. The maximum absolute atomic E-state index is 10.5. The van der Waals surface area contributed by atoms with E-state index in [-0.39, 0.29) is 5.75 Å². The lowest BCUT2D eigenvalue weighted by Gasteiger charge is -2.04. The number of carbonyl (C=O) groups is 1. The van der Waals surface area contributed by atoms with Gasteiger partial charge in [-0.15, -0.1) is 10.2 Å². The molecule has 0 aliphatic heterocycles. The maximum atomic E-state index is 10.5. The van der Waals surface area contributed by atoms with Gasteiger partial charge in [0, 0.05) is 5.38 Å². The normalized spacial score (nSPS) is 10.6. The number of carboxylic acids is 1. The molecule has 0 bridgehead atoms. The summed E-state index contributed by atoms with van der Waals surface area (Å²) in [5.41, 5.74) is 0.973. The quantitative estimate of drug-likeness (QED) is 0.844. The van der Waals surface area contributed by atoms with Crippen molar-refractivity contribution in [2.45, 2.75) is 12.1 Å². The number of hydrogen-bond acceptors (Lipinski definition) is 5. The Morgan fingerprint density at radius 2 is 2.44 bits per heavy atom. The molecule has 2 aromatic rings. The van der Waals surface area contributed by atoms with Gasteiger partial charge in [0.1, 0.15) is 5.82 Å². The first-order valence-electron chi connectivity index (χ1n) is 4.47. The van der Waals surface area contributed by atoms with E-state index in [1.807, 2.05) is 28.3 Å². The Morgan fingerprint density at radius 3 is 3.06 bits per heavy atom. The molecule has 2 rings (SSSR count). The molecule has 0 atom stereocenters. The summed E-state index contributed by atoms with van der Waals surface area (Å²) in [5.74, 6) is -0.115. The van der Waals surface area contributed by atoms with E-state index in [0.717, 1.165) is 11.5 Å².